The largest absolute Gasteiger partial charge is 0.462 e. The summed E-state index contributed by atoms with van der Waals surface area (Å²) >= 11 is 0.956. The molecular weight excluding hydrogens is 398 g/mol. The number of aryl methyl sites for hydroxylation is 1. The van der Waals surface area contributed by atoms with E-state index in [2.05, 4.69) is 5.32 Å². The van der Waals surface area contributed by atoms with Gasteiger partial charge in [-0.15, -0.1) is 11.3 Å². The van der Waals surface area contributed by atoms with Crippen molar-refractivity contribution in [2.24, 2.45) is 0 Å². The van der Waals surface area contributed by atoms with Crippen LogP contribution in [0.4, 0.5) is 10.7 Å². The third kappa shape index (κ3) is 4.60. The lowest BCUT2D eigenvalue weighted by Gasteiger charge is -2.09. The van der Waals surface area contributed by atoms with Gasteiger partial charge in [-0.1, -0.05) is 6.07 Å². The molecule has 2 aromatic rings. The molecule has 9 nitrogen and oxygen atoms in total. The molecule has 0 saturated heterocycles. The minimum atomic E-state index is -0.663. The zero-order chi connectivity index (χ0) is 21.9. The van der Waals surface area contributed by atoms with Crippen molar-refractivity contribution in [1.29, 1.82) is 0 Å². The predicted octanol–water partition coefficient (Wildman–Crippen LogP) is 3.40. The van der Waals surface area contributed by atoms with E-state index < -0.39 is 16.8 Å². The Morgan fingerprint density at radius 2 is 1.90 bits per heavy atom. The topological polar surface area (TPSA) is 119 Å². The smallest absolute Gasteiger partial charge is 0.341 e. The number of nitrogens with zero attached hydrogens (tertiary/aromatic N) is 2. The number of benzene rings is 1. The van der Waals surface area contributed by atoms with Crippen LogP contribution < -0.4 is 5.32 Å². The Bertz CT molecular complexity index is 996. The van der Waals surface area contributed by atoms with Gasteiger partial charge in [0.25, 0.3) is 17.5 Å². The predicted molar refractivity (Wildman–Crippen MR) is 109 cm³/mol. The summed E-state index contributed by atoms with van der Waals surface area (Å²) in [7, 11) is 3.16. The van der Waals surface area contributed by atoms with E-state index in [1.54, 1.807) is 34.9 Å². The molecule has 1 aromatic carbocycles. The van der Waals surface area contributed by atoms with E-state index in [1.807, 2.05) is 0 Å². The molecule has 0 bridgehead atoms. The number of carbonyl (C=O) groups excluding carboxylic acids is 3. The second kappa shape index (κ2) is 8.82. The highest BCUT2D eigenvalue weighted by molar-refractivity contribution is 7.18. The van der Waals surface area contributed by atoms with Gasteiger partial charge in [-0.2, -0.15) is 0 Å². The maximum atomic E-state index is 12.7. The Labute approximate surface area is 171 Å². The lowest BCUT2D eigenvalue weighted by Crippen LogP contribution is -2.21. The summed E-state index contributed by atoms with van der Waals surface area (Å²) in [5.74, 6) is -1.61. The number of anilines is 1. The molecule has 0 radical (unpaired) electrons. The fourth-order valence-electron chi connectivity index (χ4n) is 2.58. The van der Waals surface area contributed by atoms with Crippen LogP contribution in [-0.2, 0) is 4.74 Å². The molecule has 2 amide bonds. The number of hydrogen-bond acceptors (Lipinski definition) is 7. The Morgan fingerprint density at radius 1 is 1.24 bits per heavy atom. The van der Waals surface area contributed by atoms with Crippen molar-refractivity contribution in [3.8, 4) is 0 Å². The first kappa shape index (κ1) is 22.0. The zero-order valence-electron chi connectivity index (χ0n) is 16.7. The first-order valence-electron chi connectivity index (χ1n) is 8.67. The van der Waals surface area contributed by atoms with Crippen LogP contribution in [0.3, 0.4) is 0 Å². The van der Waals surface area contributed by atoms with Gasteiger partial charge in [-0.3, -0.25) is 19.7 Å². The van der Waals surface area contributed by atoms with Crippen LogP contribution in [0.5, 0.6) is 0 Å². The summed E-state index contributed by atoms with van der Waals surface area (Å²) < 4.78 is 5.06. The van der Waals surface area contributed by atoms with Gasteiger partial charge in [0, 0.05) is 31.3 Å². The van der Waals surface area contributed by atoms with Crippen molar-refractivity contribution in [2.45, 2.75) is 20.8 Å². The summed E-state index contributed by atoms with van der Waals surface area (Å²) in [6.45, 7) is 4.95. The Balaban J connectivity index is 2.48. The minimum absolute atomic E-state index is 0.0589. The molecule has 10 heteroatoms. The molecular formula is C19H21N3O6S. The molecule has 0 saturated carbocycles. The maximum Gasteiger partial charge on any atom is 0.341 e. The average Bonchev–Trinajstić information content (AvgIpc) is 2.97. The molecule has 1 heterocycles. The molecule has 154 valence electrons. The van der Waals surface area contributed by atoms with Crippen molar-refractivity contribution >= 4 is 39.8 Å². The second-order valence-corrected chi connectivity index (χ2v) is 7.41. The van der Waals surface area contributed by atoms with E-state index in [0.29, 0.717) is 16.0 Å². The lowest BCUT2D eigenvalue weighted by molar-refractivity contribution is -0.385. The monoisotopic (exact) mass is 419 g/mol. The molecule has 29 heavy (non-hydrogen) atoms. The summed E-state index contributed by atoms with van der Waals surface area (Å²) in [6, 6.07) is 4.09. The summed E-state index contributed by atoms with van der Waals surface area (Å²) in [4.78, 5) is 49.7. The van der Waals surface area contributed by atoms with E-state index in [9.17, 15) is 24.5 Å². The highest BCUT2D eigenvalue weighted by Gasteiger charge is 2.28. The van der Waals surface area contributed by atoms with Crippen LogP contribution >= 0.6 is 11.3 Å². The fourth-order valence-corrected chi connectivity index (χ4v) is 3.79. The molecule has 0 aliphatic rings. The molecule has 0 unspecified atom stereocenters. The summed E-state index contributed by atoms with van der Waals surface area (Å²) in [6.07, 6.45) is 0. The lowest BCUT2D eigenvalue weighted by atomic mass is 10.1. The van der Waals surface area contributed by atoms with E-state index in [0.717, 1.165) is 11.3 Å². The first-order chi connectivity index (χ1) is 13.6. The van der Waals surface area contributed by atoms with Crippen LogP contribution in [0.25, 0.3) is 0 Å². The number of rotatable bonds is 6. The number of thiophene rings is 1. The van der Waals surface area contributed by atoms with Gasteiger partial charge in [-0.25, -0.2) is 4.79 Å². The van der Waals surface area contributed by atoms with Gasteiger partial charge in [0.2, 0.25) is 0 Å². The van der Waals surface area contributed by atoms with Crippen LogP contribution in [0, 0.1) is 24.0 Å². The molecule has 0 aliphatic carbocycles. The maximum absolute atomic E-state index is 12.7. The fraction of sp³-hybridized carbons (Fsp3) is 0.316. The van der Waals surface area contributed by atoms with Gasteiger partial charge in [-0.05, 0) is 32.4 Å². The first-order valence-corrected chi connectivity index (χ1v) is 9.48. The van der Waals surface area contributed by atoms with Crippen molar-refractivity contribution in [3.05, 3.63) is 55.4 Å². The van der Waals surface area contributed by atoms with Gasteiger partial charge in [0.1, 0.15) is 5.00 Å². The highest BCUT2D eigenvalue weighted by Crippen LogP contribution is 2.35. The van der Waals surface area contributed by atoms with Crippen LogP contribution in [0.2, 0.25) is 0 Å². The molecule has 0 spiro atoms. The Kier molecular flexibility index (Phi) is 6.70. The number of carbonyl (C=O) groups is 3. The summed E-state index contributed by atoms with van der Waals surface area (Å²) in [5, 5.41) is 13.9. The van der Waals surface area contributed by atoms with Gasteiger partial charge in [0.15, 0.2) is 0 Å². The number of hydrogen-bond donors (Lipinski definition) is 1. The van der Waals surface area contributed by atoms with Crippen LogP contribution in [0.1, 0.15) is 48.4 Å². The molecule has 1 N–H and O–H groups in total. The van der Waals surface area contributed by atoms with E-state index in [-0.39, 0.29) is 34.3 Å². The SMILES string of the molecule is CCOC(=O)c1c(NC(=O)c2ccc(C)c([N+](=O)[O-])c2)sc(C(=O)N(C)C)c1C. The van der Waals surface area contributed by atoms with Crippen LogP contribution in [0.15, 0.2) is 18.2 Å². The van der Waals surface area contributed by atoms with Crippen molar-refractivity contribution < 1.29 is 24.0 Å². The molecule has 0 aliphatic heterocycles. The third-order valence-corrected chi connectivity index (χ3v) is 5.32. The second-order valence-electron chi connectivity index (χ2n) is 6.39. The van der Waals surface area contributed by atoms with Gasteiger partial charge >= 0.3 is 5.97 Å². The number of esters is 1. The highest BCUT2D eigenvalue weighted by atomic mass is 32.1. The molecule has 1 aromatic heterocycles. The number of nitrogens with one attached hydrogen (secondary N) is 1. The molecule has 2 rings (SSSR count). The van der Waals surface area contributed by atoms with Crippen molar-refractivity contribution in [1.82, 2.24) is 4.90 Å². The average molecular weight is 419 g/mol. The van der Waals surface area contributed by atoms with Crippen LogP contribution in [-0.4, -0.2) is 48.3 Å². The number of nitro groups is 1. The van der Waals surface area contributed by atoms with Gasteiger partial charge < -0.3 is 15.0 Å². The third-order valence-electron chi connectivity index (χ3n) is 4.12. The zero-order valence-corrected chi connectivity index (χ0v) is 17.5. The Morgan fingerprint density at radius 3 is 2.45 bits per heavy atom. The summed E-state index contributed by atoms with van der Waals surface area (Å²) in [5.41, 5.74) is 0.789. The van der Waals surface area contributed by atoms with Crippen molar-refractivity contribution in [2.75, 3.05) is 26.0 Å². The minimum Gasteiger partial charge on any atom is -0.462 e. The van der Waals surface area contributed by atoms with E-state index in [1.165, 1.54) is 23.1 Å². The standard InChI is InChI=1S/C19H21N3O6S/c1-6-28-19(25)14-11(3)15(18(24)21(4)5)29-17(14)20-16(23)12-8-7-10(2)13(9-12)22(26)27/h7-9H,6H2,1-5H3,(H,20,23). The van der Waals surface area contributed by atoms with E-state index >= 15 is 0 Å². The van der Waals surface area contributed by atoms with Crippen molar-refractivity contribution in [3.63, 3.8) is 0 Å². The normalized spacial score (nSPS) is 10.4. The number of ether oxygens (including phenoxy) is 1. The quantitative estimate of drug-likeness (QED) is 0.435. The number of amides is 2. The molecule has 0 atom stereocenters. The van der Waals surface area contributed by atoms with E-state index in [4.69, 9.17) is 4.74 Å². The Hall–Kier alpha value is -3.27. The molecule has 0 fully saturated rings. The number of nitro benzene ring substituents is 1. The van der Waals surface area contributed by atoms with Gasteiger partial charge in [0.05, 0.1) is 22.0 Å².